The minimum Gasteiger partial charge on any atom is -0.462 e. The Balaban J connectivity index is 5.11. The molecule has 0 aromatic heterocycles. The Hall–Kier alpha value is -2.05. The number of ether oxygens (including phenoxy) is 4. The predicted molar refractivity (Wildman–Crippen MR) is 117 cm³/mol. The fourth-order valence-corrected chi connectivity index (χ4v) is 3.16. The Morgan fingerprint density at radius 1 is 0.706 bits per heavy atom. The number of esters is 4. The van der Waals surface area contributed by atoms with E-state index >= 15 is 0 Å². The summed E-state index contributed by atoms with van der Waals surface area (Å²) >= 11 is 0. The van der Waals surface area contributed by atoms with Gasteiger partial charge in [0, 0.05) is 26.7 Å². The van der Waals surface area contributed by atoms with Gasteiger partial charge < -0.3 is 18.9 Å². The van der Waals surface area contributed by atoms with E-state index in [1.165, 1.54) is 0 Å². The van der Waals surface area contributed by atoms with Crippen LogP contribution in [0.15, 0.2) is 0 Å². The summed E-state index contributed by atoms with van der Waals surface area (Å²) in [5.41, 5.74) is 0. The van der Waals surface area contributed by atoms with Gasteiger partial charge in [0.1, 0.15) is 13.2 Å². The second kappa shape index (κ2) is 16.6. The molecule has 0 saturated heterocycles. The lowest BCUT2D eigenvalue weighted by Crippen LogP contribution is -2.31. The molecule has 0 radical (unpaired) electrons. The highest BCUT2D eigenvalue weighted by molar-refractivity contribution is 7.48. The smallest absolute Gasteiger partial charge is 0.462 e. The average Bonchev–Trinajstić information content (AvgIpc) is 2.70. The van der Waals surface area contributed by atoms with E-state index in [1.807, 2.05) is 27.7 Å². The topological polar surface area (TPSA) is 176 Å². The third kappa shape index (κ3) is 16.5. The lowest BCUT2D eigenvalue weighted by molar-refractivity contribution is -0.162. The first-order valence-corrected chi connectivity index (χ1v) is 12.2. The van der Waals surface area contributed by atoms with Gasteiger partial charge in [0.2, 0.25) is 0 Å². The van der Waals surface area contributed by atoms with Crippen LogP contribution in [0.4, 0.5) is 0 Å². The Bertz CT molecular complexity index is 712. The van der Waals surface area contributed by atoms with Crippen molar-refractivity contribution in [2.75, 3.05) is 26.4 Å². The van der Waals surface area contributed by atoms with E-state index in [2.05, 4.69) is 4.62 Å². The molecule has 0 aromatic carbocycles. The summed E-state index contributed by atoms with van der Waals surface area (Å²) in [5.74, 6) is 2.69. The molecule has 0 aliphatic carbocycles. The average molecular weight is 513 g/mol. The second-order valence-corrected chi connectivity index (χ2v) is 9.79. The molecule has 198 valence electrons. The van der Waals surface area contributed by atoms with Crippen LogP contribution in [0.25, 0.3) is 0 Å². The van der Waals surface area contributed by atoms with Crippen molar-refractivity contribution < 1.29 is 56.4 Å². The molecule has 0 spiro atoms. The highest BCUT2D eigenvalue weighted by atomic mass is 31.2. The molecule has 3 atom stereocenters. The molecule has 0 aliphatic heterocycles. The maximum atomic E-state index is 12.7. The fraction of sp³-hybridized carbons (Fsp3) is 0.800. The zero-order valence-corrected chi connectivity index (χ0v) is 21.4. The molecule has 0 aromatic rings. The largest absolute Gasteiger partial charge is 0.491 e. The Labute approximate surface area is 199 Å². The molecule has 0 amide bonds. The molecule has 0 heterocycles. The number of carbonyl (C=O) groups is 4. The first kappa shape index (κ1) is 31.9. The normalized spacial score (nSPS) is 14.7. The molecule has 34 heavy (non-hydrogen) atoms. The van der Waals surface area contributed by atoms with Gasteiger partial charge in [0.15, 0.2) is 12.2 Å². The van der Waals surface area contributed by atoms with Gasteiger partial charge in [-0.05, 0) is 11.8 Å². The van der Waals surface area contributed by atoms with Gasteiger partial charge in [-0.15, -0.1) is 0 Å². The van der Waals surface area contributed by atoms with Crippen molar-refractivity contribution in [2.45, 2.75) is 66.6 Å². The van der Waals surface area contributed by atoms with E-state index < -0.39 is 57.1 Å². The monoisotopic (exact) mass is 513 g/mol. The molecule has 0 aliphatic rings. The lowest BCUT2D eigenvalue weighted by Gasteiger charge is -2.23. The van der Waals surface area contributed by atoms with Crippen molar-refractivity contribution in [3.05, 3.63) is 0 Å². The van der Waals surface area contributed by atoms with E-state index in [-0.39, 0.29) is 37.9 Å². The number of phosphoric ester groups is 1. The highest BCUT2D eigenvalue weighted by Crippen LogP contribution is 2.48. The van der Waals surface area contributed by atoms with Crippen LogP contribution >= 0.6 is 7.82 Å². The molecule has 0 fully saturated rings. The quantitative estimate of drug-likeness (QED) is 0.129. The van der Waals surface area contributed by atoms with Gasteiger partial charge >= 0.3 is 31.7 Å². The zero-order valence-electron chi connectivity index (χ0n) is 20.5. The van der Waals surface area contributed by atoms with Crippen LogP contribution in [0.2, 0.25) is 0 Å². The molecule has 0 saturated carbocycles. The summed E-state index contributed by atoms with van der Waals surface area (Å²) < 4.78 is 47.2. The standard InChI is InChI=1S/C20H36NO12P/c1-13(2)7-19(24)28-10-18(32-20(25)8-14(3)4)12-30-34(26,33-21)29-11-17(31-16(6)23)9-27-15(5)22/h13-14,17-18H,7-12,21H2,1-6H3/t17-,18?,34?/m1/s1. The zero-order chi connectivity index (χ0) is 26.3. The number of carbonyl (C=O) groups excluding carboxylic acids is 4. The molecule has 2 N–H and O–H groups in total. The summed E-state index contributed by atoms with van der Waals surface area (Å²) in [7, 11) is -4.43. The summed E-state index contributed by atoms with van der Waals surface area (Å²) in [6.45, 7) is 7.73. The van der Waals surface area contributed by atoms with Crippen LogP contribution in [-0.2, 0) is 56.4 Å². The van der Waals surface area contributed by atoms with E-state index in [4.69, 9.17) is 33.9 Å². The number of phosphoric acid groups is 1. The van der Waals surface area contributed by atoms with Crippen LogP contribution in [0.5, 0.6) is 0 Å². The van der Waals surface area contributed by atoms with E-state index in [0.717, 1.165) is 13.8 Å². The second-order valence-electron chi connectivity index (χ2n) is 8.17. The van der Waals surface area contributed by atoms with Gasteiger partial charge in [-0.2, -0.15) is 0 Å². The lowest BCUT2D eigenvalue weighted by atomic mass is 10.1. The first-order chi connectivity index (χ1) is 15.8. The molecule has 2 unspecified atom stereocenters. The van der Waals surface area contributed by atoms with Crippen molar-refractivity contribution in [3.63, 3.8) is 0 Å². The number of hydrogen-bond donors (Lipinski definition) is 1. The van der Waals surface area contributed by atoms with Crippen molar-refractivity contribution in [1.29, 1.82) is 0 Å². The Kier molecular flexibility index (Phi) is 15.6. The maximum absolute atomic E-state index is 12.7. The van der Waals surface area contributed by atoms with Gasteiger partial charge in [-0.1, -0.05) is 27.7 Å². The van der Waals surface area contributed by atoms with Gasteiger partial charge in [0.05, 0.1) is 13.2 Å². The van der Waals surface area contributed by atoms with E-state index in [0.29, 0.717) is 0 Å². The van der Waals surface area contributed by atoms with Crippen molar-refractivity contribution in [2.24, 2.45) is 17.7 Å². The van der Waals surface area contributed by atoms with Crippen LogP contribution in [0, 0.1) is 11.8 Å². The van der Waals surface area contributed by atoms with E-state index in [1.54, 1.807) is 0 Å². The summed E-state index contributed by atoms with van der Waals surface area (Å²) in [6.07, 6.45) is -2.00. The SMILES string of the molecule is CC(=O)OC[C@H](COP(=O)(ON)OCC(COC(=O)CC(C)C)OC(=O)CC(C)C)OC(C)=O. The van der Waals surface area contributed by atoms with Gasteiger partial charge in [-0.3, -0.25) is 28.2 Å². The Morgan fingerprint density at radius 3 is 1.62 bits per heavy atom. The summed E-state index contributed by atoms with van der Waals surface area (Å²) in [5, 5.41) is 0. The third-order valence-electron chi connectivity index (χ3n) is 3.65. The molecule has 13 nitrogen and oxygen atoms in total. The van der Waals surface area contributed by atoms with E-state index in [9.17, 15) is 23.7 Å². The van der Waals surface area contributed by atoms with Gasteiger partial charge in [-0.25, -0.2) is 15.1 Å². The number of rotatable bonds is 17. The number of nitrogens with two attached hydrogens (primary N) is 1. The first-order valence-electron chi connectivity index (χ1n) is 10.7. The Morgan fingerprint density at radius 2 is 1.18 bits per heavy atom. The van der Waals surface area contributed by atoms with Crippen LogP contribution in [0.1, 0.15) is 54.4 Å². The highest BCUT2D eigenvalue weighted by Gasteiger charge is 2.31. The fourth-order valence-electron chi connectivity index (χ4n) is 2.27. The van der Waals surface area contributed by atoms with Gasteiger partial charge in [0.25, 0.3) is 0 Å². The minimum absolute atomic E-state index is 0.00907. The molecule has 0 rings (SSSR count). The maximum Gasteiger partial charge on any atom is 0.491 e. The number of hydrogen-bond acceptors (Lipinski definition) is 13. The summed E-state index contributed by atoms with van der Waals surface area (Å²) in [4.78, 5) is 46.1. The van der Waals surface area contributed by atoms with Crippen molar-refractivity contribution in [1.82, 2.24) is 0 Å². The minimum atomic E-state index is -4.43. The van der Waals surface area contributed by atoms with Crippen LogP contribution < -0.4 is 5.90 Å². The van der Waals surface area contributed by atoms with Crippen molar-refractivity contribution in [3.8, 4) is 0 Å². The summed E-state index contributed by atoms with van der Waals surface area (Å²) in [6, 6.07) is 0. The van der Waals surface area contributed by atoms with Crippen LogP contribution in [0.3, 0.4) is 0 Å². The van der Waals surface area contributed by atoms with Crippen molar-refractivity contribution >= 4 is 31.7 Å². The molecular formula is C20H36NO12P. The predicted octanol–water partition coefficient (Wildman–Crippen LogP) is 2.06. The third-order valence-corrected chi connectivity index (χ3v) is 4.84. The molecular weight excluding hydrogens is 477 g/mol. The van der Waals surface area contributed by atoms with Crippen LogP contribution in [-0.4, -0.2) is 62.5 Å². The molecule has 0 bridgehead atoms. The molecule has 14 heteroatoms.